The Bertz CT molecular complexity index is 709. The fourth-order valence-electron chi connectivity index (χ4n) is 3.72. The largest absolute Gasteiger partial charge is 0.416 e. The van der Waals surface area contributed by atoms with Crippen LogP contribution in [0, 0.1) is 5.92 Å². The van der Waals surface area contributed by atoms with Crippen LogP contribution in [0.3, 0.4) is 0 Å². The number of hydrogen-bond acceptors (Lipinski definition) is 4. The summed E-state index contributed by atoms with van der Waals surface area (Å²) in [6.45, 7) is 1.60. The Hall–Kier alpha value is -1.84. The first kappa shape index (κ1) is 23.4. The van der Waals surface area contributed by atoms with Gasteiger partial charge in [-0.25, -0.2) is 0 Å². The lowest BCUT2D eigenvalue weighted by Gasteiger charge is -2.30. The maximum atomic E-state index is 12.8. The summed E-state index contributed by atoms with van der Waals surface area (Å²) in [4.78, 5) is 26.8. The number of hydrogen-bond donors (Lipinski definition) is 3. The number of alkyl halides is 3. The quantitative estimate of drug-likeness (QED) is 0.672. The molecule has 6 nitrogen and oxygen atoms in total. The number of aliphatic hydroxyl groups excluding tert-OH is 1. The number of nitrogens with zero attached hydrogens (tertiary/aromatic N) is 1. The molecule has 10 heteroatoms. The molecule has 3 N–H and O–H groups in total. The molecule has 2 saturated heterocycles. The fraction of sp³-hybridized carbons (Fsp3) is 0.579. The molecule has 2 fully saturated rings. The molecule has 2 amide bonds. The predicted molar refractivity (Wildman–Crippen MR) is 102 cm³/mol. The fourth-order valence-corrected chi connectivity index (χ4v) is 3.72. The van der Waals surface area contributed by atoms with Crippen LogP contribution in [0.2, 0.25) is 0 Å². The van der Waals surface area contributed by atoms with E-state index in [1.807, 2.05) is 0 Å². The zero-order valence-electron chi connectivity index (χ0n) is 15.7. The average Bonchev–Trinajstić information content (AvgIpc) is 3.07. The Morgan fingerprint density at radius 3 is 2.52 bits per heavy atom. The zero-order valence-corrected chi connectivity index (χ0v) is 16.6. The van der Waals surface area contributed by atoms with Crippen LogP contribution in [-0.2, 0) is 22.3 Å². The number of piperidine rings is 1. The van der Waals surface area contributed by atoms with E-state index in [0.717, 1.165) is 31.5 Å². The Balaban J connectivity index is 0.00000300. The second-order valence-electron chi connectivity index (χ2n) is 7.35. The minimum atomic E-state index is -4.41. The van der Waals surface area contributed by atoms with Crippen LogP contribution < -0.4 is 10.6 Å². The van der Waals surface area contributed by atoms with E-state index in [4.69, 9.17) is 0 Å². The number of halogens is 4. The lowest BCUT2D eigenvalue weighted by molar-refractivity contribution is -0.142. The van der Waals surface area contributed by atoms with E-state index in [-0.39, 0.29) is 43.7 Å². The summed E-state index contributed by atoms with van der Waals surface area (Å²) in [5.74, 6) is -0.753. The van der Waals surface area contributed by atoms with Gasteiger partial charge in [-0.1, -0.05) is 12.1 Å². The van der Waals surface area contributed by atoms with Gasteiger partial charge in [0.1, 0.15) is 6.04 Å². The maximum absolute atomic E-state index is 12.8. The molecule has 2 aliphatic rings. The van der Waals surface area contributed by atoms with Gasteiger partial charge < -0.3 is 20.6 Å². The van der Waals surface area contributed by atoms with Crippen LogP contribution in [0.5, 0.6) is 0 Å². The molecule has 162 valence electrons. The van der Waals surface area contributed by atoms with E-state index >= 15 is 0 Å². The molecule has 3 atom stereocenters. The Morgan fingerprint density at radius 1 is 1.24 bits per heavy atom. The Kier molecular flexibility index (Phi) is 7.90. The predicted octanol–water partition coefficient (Wildman–Crippen LogP) is 1.70. The van der Waals surface area contributed by atoms with Gasteiger partial charge in [0, 0.05) is 26.1 Å². The molecule has 1 aromatic rings. The second kappa shape index (κ2) is 9.77. The van der Waals surface area contributed by atoms with Crippen molar-refractivity contribution in [3.05, 3.63) is 35.4 Å². The molecule has 0 radical (unpaired) electrons. The molecule has 29 heavy (non-hydrogen) atoms. The average molecular weight is 436 g/mol. The van der Waals surface area contributed by atoms with Gasteiger partial charge in [0.05, 0.1) is 17.6 Å². The third kappa shape index (κ3) is 5.83. The van der Waals surface area contributed by atoms with Crippen LogP contribution in [0.4, 0.5) is 13.2 Å². The van der Waals surface area contributed by atoms with Crippen LogP contribution in [0.15, 0.2) is 24.3 Å². The number of aliphatic hydroxyl groups is 1. The summed E-state index contributed by atoms with van der Waals surface area (Å²) < 4.78 is 37.8. The summed E-state index contributed by atoms with van der Waals surface area (Å²) in [5.41, 5.74) is -0.228. The van der Waals surface area contributed by atoms with Gasteiger partial charge in [-0.15, -0.1) is 12.4 Å². The first-order valence-corrected chi connectivity index (χ1v) is 9.39. The number of likely N-dealkylation sites (tertiary alicyclic amines) is 1. The van der Waals surface area contributed by atoms with Gasteiger partial charge in [-0.3, -0.25) is 9.59 Å². The molecule has 0 aliphatic carbocycles. The number of β-amino-alcohol motifs (C(OH)–C–C–N with tert-alkyl or cyclic N) is 1. The van der Waals surface area contributed by atoms with Gasteiger partial charge in [-0.05, 0) is 37.1 Å². The minimum Gasteiger partial charge on any atom is -0.391 e. The first-order valence-electron chi connectivity index (χ1n) is 9.39. The van der Waals surface area contributed by atoms with E-state index in [9.17, 15) is 27.9 Å². The highest BCUT2D eigenvalue weighted by Gasteiger charge is 2.41. The lowest BCUT2D eigenvalue weighted by Crippen LogP contribution is -2.50. The summed E-state index contributed by atoms with van der Waals surface area (Å²) in [5, 5.41) is 15.8. The van der Waals surface area contributed by atoms with Crippen molar-refractivity contribution in [2.45, 2.75) is 44.1 Å². The third-order valence-corrected chi connectivity index (χ3v) is 5.26. The Morgan fingerprint density at radius 2 is 1.93 bits per heavy atom. The third-order valence-electron chi connectivity index (χ3n) is 5.26. The van der Waals surface area contributed by atoms with Crippen molar-refractivity contribution >= 4 is 24.2 Å². The molecule has 2 aliphatic heterocycles. The number of carbonyl (C=O) groups is 2. The maximum Gasteiger partial charge on any atom is 0.416 e. The number of amides is 2. The van der Waals surface area contributed by atoms with E-state index in [0.29, 0.717) is 12.1 Å². The summed E-state index contributed by atoms with van der Waals surface area (Å²) in [6.07, 6.45) is -3.38. The number of nitrogens with one attached hydrogen (secondary N) is 2. The summed E-state index contributed by atoms with van der Waals surface area (Å²) >= 11 is 0. The highest BCUT2D eigenvalue weighted by Crippen LogP contribution is 2.29. The summed E-state index contributed by atoms with van der Waals surface area (Å²) in [7, 11) is 0. The van der Waals surface area contributed by atoms with Crippen LogP contribution in [0.25, 0.3) is 0 Å². The molecule has 0 saturated carbocycles. The topological polar surface area (TPSA) is 81.7 Å². The molecule has 0 bridgehead atoms. The van der Waals surface area contributed by atoms with Crippen LogP contribution >= 0.6 is 12.4 Å². The molecule has 1 aromatic carbocycles. The van der Waals surface area contributed by atoms with Gasteiger partial charge in [0.25, 0.3) is 0 Å². The number of carbonyl (C=O) groups excluding carboxylic acids is 2. The minimum absolute atomic E-state index is 0. The van der Waals surface area contributed by atoms with Gasteiger partial charge in [0.15, 0.2) is 0 Å². The van der Waals surface area contributed by atoms with Crippen molar-refractivity contribution in [1.29, 1.82) is 0 Å². The zero-order chi connectivity index (χ0) is 20.3. The van der Waals surface area contributed by atoms with E-state index in [1.54, 1.807) is 0 Å². The van der Waals surface area contributed by atoms with Crippen molar-refractivity contribution in [3.8, 4) is 0 Å². The van der Waals surface area contributed by atoms with E-state index in [2.05, 4.69) is 10.6 Å². The molecular weight excluding hydrogens is 411 g/mol. The number of rotatable bonds is 4. The highest BCUT2D eigenvalue weighted by molar-refractivity contribution is 5.89. The van der Waals surface area contributed by atoms with Crippen molar-refractivity contribution < 1.29 is 27.9 Å². The van der Waals surface area contributed by atoms with Crippen LogP contribution in [-0.4, -0.2) is 53.6 Å². The Labute approximate surface area is 173 Å². The van der Waals surface area contributed by atoms with Crippen molar-refractivity contribution in [1.82, 2.24) is 15.5 Å². The normalized spacial score (nSPS) is 24.7. The van der Waals surface area contributed by atoms with E-state index < -0.39 is 29.8 Å². The van der Waals surface area contributed by atoms with Crippen molar-refractivity contribution in [2.75, 3.05) is 19.6 Å². The van der Waals surface area contributed by atoms with Gasteiger partial charge in [-0.2, -0.15) is 13.2 Å². The standard InChI is InChI=1S/C19H24F3N3O3.ClH/c20-19(21,22)14-5-3-12(4-6-14)9-24-17(27)16-8-15(26)11-25(16)18(28)13-2-1-7-23-10-13;/h3-6,13,15-16,23,26H,1-2,7-11H2,(H,24,27);1H. The molecular formula is C19H25ClF3N3O3. The van der Waals surface area contributed by atoms with Crippen LogP contribution in [0.1, 0.15) is 30.4 Å². The SMILES string of the molecule is Cl.O=C(NCc1ccc(C(F)(F)F)cc1)C1CC(O)CN1C(=O)C1CCCNC1. The molecule has 0 spiro atoms. The van der Waals surface area contributed by atoms with Gasteiger partial charge in [0.2, 0.25) is 11.8 Å². The monoisotopic (exact) mass is 435 g/mol. The smallest absolute Gasteiger partial charge is 0.391 e. The lowest BCUT2D eigenvalue weighted by atomic mass is 9.97. The van der Waals surface area contributed by atoms with Gasteiger partial charge >= 0.3 is 6.18 Å². The van der Waals surface area contributed by atoms with E-state index in [1.165, 1.54) is 17.0 Å². The molecule has 0 aromatic heterocycles. The van der Waals surface area contributed by atoms with Crippen molar-refractivity contribution in [3.63, 3.8) is 0 Å². The molecule has 3 unspecified atom stereocenters. The number of benzene rings is 1. The summed E-state index contributed by atoms with van der Waals surface area (Å²) in [6, 6.07) is 3.78. The highest BCUT2D eigenvalue weighted by atomic mass is 35.5. The first-order chi connectivity index (χ1) is 13.3. The molecule has 2 heterocycles. The second-order valence-corrected chi connectivity index (χ2v) is 7.35. The molecule has 3 rings (SSSR count). The van der Waals surface area contributed by atoms with Crippen molar-refractivity contribution in [2.24, 2.45) is 5.92 Å².